The highest BCUT2D eigenvalue weighted by Crippen LogP contribution is 2.19. The van der Waals surface area contributed by atoms with Crippen molar-refractivity contribution in [1.29, 1.82) is 0 Å². The van der Waals surface area contributed by atoms with Crippen LogP contribution >= 0.6 is 11.6 Å². The number of aromatic nitrogens is 2. The van der Waals surface area contributed by atoms with E-state index in [1.54, 1.807) is 6.20 Å². The molecule has 0 radical (unpaired) electrons. The third-order valence-electron chi connectivity index (χ3n) is 3.14. The van der Waals surface area contributed by atoms with Gasteiger partial charge in [0, 0.05) is 19.1 Å². The number of halogens is 1. The molecular weight excluding hydrogens is 274 g/mol. The third kappa shape index (κ3) is 5.92. The largest absolute Gasteiger partial charge is 0.369 e. The Morgan fingerprint density at radius 3 is 2.70 bits per heavy atom. The van der Waals surface area contributed by atoms with Gasteiger partial charge in [-0.3, -0.25) is 0 Å². The van der Waals surface area contributed by atoms with E-state index in [4.69, 9.17) is 11.6 Å². The van der Waals surface area contributed by atoms with E-state index in [0.717, 1.165) is 32.5 Å². The van der Waals surface area contributed by atoms with Crippen LogP contribution in [0.4, 0.5) is 11.8 Å². The Labute approximate surface area is 127 Å². The first kappa shape index (κ1) is 17.0. The third-order valence-corrected chi connectivity index (χ3v) is 3.42. The van der Waals surface area contributed by atoms with Gasteiger partial charge in [-0.15, -0.1) is 0 Å². The van der Waals surface area contributed by atoms with Gasteiger partial charge in [-0.05, 0) is 40.3 Å². The monoisotopic (exact) mass is 299 g/mol. The molecule has 5 nitrogen and oxygen atoms in total. The van der Waals surface area contributed by atoms with Gasteiger partial charge in [0.15, 0.2) is 0 Å². The number of anilines is 2. The fourth-order valence-electron chi connectivity index (χ4n) is 1.61. The lowest BCUT2D eigenvalue weighted by molar-refractivity contribution is 0.273. The Kier molecular flexibility index (Phi) is 7.62. The molecule has 0 aliphatic carbocycles. The van der Waals surface area contributed by atoms with Crippen molar-refractivity contribution in [3.05, 3.63) is 11.2 Å². The lowest BCUT2D eigenvalue weighted by Gasteiger charge is -2.20. The lowest BCUT2D eigenvalue weighted by atomic mass is 10.3. The summed E-state index contributed by atoms with van der Waals surface area (Å²) in [6, 6.07) is 0.572. The van der Waals surface area contributed by atoms with E-state index >= 15 is 0 Å². The molecule has 6 heteroatoms. The molecule has 114 valence electrons. The van der Waals surface area contributed by atoms with Gasteiger partial charge < -0.3 is 15.5 Å². The molecule has 1 rings (SSSR count). The second kappa shape index (κ2) is 8.97. The molecule has 2 N–H and O–H groups in total. The predicted molar refractivity (Wildman–Crippen MR) is 86.7 cm³/mol. The number of rotatable bonds is 9. The molecule has 1 aromatic rings. The molecule has 0 unspecified atom stereocenters. The first-order valence-electron chi connectivity index (χ1n) is 7.25. The molecule has 1 aromatic heterocycles. The van der Waals surface area contributed by atoms with E-state index in [9.17, 15) is 0 Å². The Bertz CT molecular complexity index is 397. The fourth-order valence-corrected chi connectivity index (χ4v) is 1.76. The van der Waals surface area contributed by atoms with Crippen LogP contribution in [0.2, 0.25) is 5.02 Å². The van der Waals surface area contributed by atoms with Gasteiger partial charge in [-0.25, -0.2) is 4.98 Å². The SMILES string of the molecule is CCCNc1ncc(Cl)c(NCCCN(C)C(C)C)n1. The normalized spacial score (nSPS) is 11.2. The second-order valence-electron chi connectivity index (χ2n) is 5.17. The van der Waals surface area contributed by atoms with E-state index in [1.165, 1.54) is 0 Å². The first-order valence-corrected chi connectivity index (χ1v) is 7.63. The minimum absolute atomic E-state index is 0.560. The standard InChI is InChI=1S/C14H26ClN5/c1-5-7-17-14-18-10-12(15)13(19-14)16-8-6-9-20(4)11(2)3/h10-11H,5-9H2,1-4H3,(H2,16,17,18,19). The van der Waals surface area contributed by atoms with Crippen molar-refractivity contribution in [2.75, 3.05) is 37.3 Å². The highest BCUT2D eigenvalue weighted by molar-refractivity contribution is 6.32. The number of hydrogen-bond acceptors (Lipinski definition) is 5. The van der Waals surface area contributed by atoms with Crippen molar-refractivity contribution >= 4 is 23.4 Å². The summed E-state index contributed by atoms with van der Waals surface area (Å²) >= 11 is 6.10. The molecule has 20 heavy (non-hydrogen) atoms. The molecule has 0 bridgehead atoms. The fraction of sp³-hybridized carbons (Fsp3) is 0.714. The van der Waals surface area contributed by atoms with Gasteiger partial charge in [0.1, 0.15) is 10.8 Å². The number of nitrogens with one attached hydrogen (secondary N) is 2. The molecule has 1 heterocycles. The lowest BCUT2D eigenvalue weighted by Crippen LogP contribution is -2.28. The first-order chi connectivity index (χ1) is 9.54. The van der Waals surface area contributed by atoms with Crippen LogP contribution in [0.1, 0.15) is 33.6 Å². The summed E-state index contributed by atoms with van der Waals surface area (Å²) in [7, 11) is 2.13. The zero-order valence-electron chi connectivity index (χ0n) is 12.9. The van der Waals surface area contributed by atoms with E-state index in [2.05, 4.69) is 53.3 Å². The summed E-state index contributed by atoms with van der Waals surface area (Å²) in [4.78, 5) is 10.9. The van der Waals surface area contributed by atoms with Gasteiger partial charge in [0.25, 0.3) is 0 Å². The predicted octanol–water partition coefficient (Wildman–Crippen LogP) is 3.09. The minimum Gasteiger partial charge on any atom is -0.369 e. The van der Waals surface area contributed by atoms with Crippen molar-refractivity contribution in [2.45, 2.75) is 39.7 Å². The summed E-state index contributed by atoms with van der Waals surface area (Å²) in [5.74, 6) is 1.32. The summed E-state index contributed by atoms with van der Waals surface area (Å²) in [5.41, 5.74) is 0. The van der Waals surface area contributed by atoms with Crippen LogP contribution in [-0.4, -0.2) is 47.6 Å². The van der Waals surface area contributed by atoms with Crippen LogP contribution in [-0.2, 0) is 0 Å². The molecule has 0 fully saturated rings. The van der Waals surface area contributed by atoms with Crippen LogP contribution in [0.25, 0.3) is 0 Å². The summed E-state index contributed by atoms with van der Waals surface area (Å²) in [6.45, 7) is 9.25. The van der Waals surface area contributed by atoms with Crippen LogP contribution in [0.3, 0.4) is 0 Å². The topological polar surface area (TPSA) is 53.1 Å². The minimum atomic E-state index is 0.560. The molecule has 0 saturated carbocycles. The molecule has 0 aliphatic rings. The Morgan fingerprint density at radius 2 is 2.05 bits per heavy atom. The number of hydrogen-bond donors (Lipinski definition) is 2. The van der Waals surface area contributed by atoms with Gasteiger partial charge in [0.05, 0.1) is 6.20 Å². The van der Waals surface area contributed by atoms with Crippen LogP contribution in [0, 0.1) is 0 Å². The van der Waals surface area contributed by atoms with Gasteiger partial charge >= 0.3 is 0 Å². The maximum atomic E-state index is 6.10. The van der Waals surface area contributed by atoms with Crippen LogP contribution in [0.15, 0.2) is 6.20 Å². The van der Waals surface area contributed by atoms with E-state index < -0.39 is 0 Å². The Hall–Kier alpha value is -1.07. The molecule has 0 amide bonds. The van der Waals surface area contributed by atoms with Crippen LogP contribution in [0.5, 0.6) is 0 Å². The smallest absolute Gasteiger partial charge is 0.224 e. The molecule has 0 saturated heterocycles. The summed E-state index contributed by atoms with van der Waals surface area (Å²) in [6.07, 6.45) is 3.72. The zero-order chi connectivity index (χ0) is 15.0. The quantitative estimate of drug-likeness (QED) is 0.686. The van der Waals surface area contributed by atoms with Gasteiger partial charge in [0.2, 0.25) is 5.95 Å². The van der Waals surface area contributed by atoms with Crippen molar-refractivity contribution in [3.8, 4) is 0 Å². The Morgan fingerprint density at radius 1 is 1.30 bits per heavy atom. The number of nitrogens with zero attached hydrogens (tertiary/aromatic N) is 3. The van der Waals surface area contributed by atoms with Crippen molar-refractivity contribution < 1.29 is 0 Å². The van der Waals surface area contributed by atoms with Crippen molar-refractivity contribution in [1.82, 2.24) is 14.9 Å². The average molecular weight is 300 g/mol. The van der Waals surface area contributed by atoms with Crippen molar-refractivity contribution in [2.24, 2.45) is 0 Å². The molecule has 0 atom stereocenters. The highest BCUT2D eigenvalue weighted by Gasteiger charge is 2.06. The molecule has 0 aromatic carbocycles. The maximum absolute atomic E-state index is 6.10. The highest BCUT2D eigenvalue weighted by atomic mass is 35.5. The molecular formula is C14H26ClN5. The van der Waals surface area contributed by atoms with E-state index in [0.29, 0.717) is 22.8 Å². The molecule has 0 aliphatic heterocycles. The van der Waals surface area contributed by atoms with Gasteiger partial charge in [-0.2, -0.15) is 4.98 Å². The maximum Gasteiger partial charge on any atom is 0.224 e. The summed E-state index contributed by atoms with van der Waals surface area (Å²) in [5, 5.41) is 6.99. The van der Waals surface area contributed by atoms with Crippen molar-refractivity contribution in [3.63, 3.8) is 0 Å². The van der Waals surface area contributed by atoms with E-state index in [1.807, 2.05) is 0 Å². The summed E-state index contributed by atoms with van der Waals surface area (Å²) < 4.78 is 0. The van der Waals surface area contributed by atoms with Gasteiger partial charge in [-0.1, -0.05) is 18.5 Å². The zero-order valence-corrected chi connectivity index (χ0v) is 13.7. The van der Waals surface area contributed by atoms with E-state index in [-0.39, 0.29) is 0 Å². The van der Waals surface area contributed by atoms with Crippen LogP contribution < -0.4 is 10.6 Å². The Balaban J connectivity index is 2.42. The average Bonchev–Trinajstić information content (AvgIpc) is 2.43. The second-order valence-corrected chi connectivity index (χ2v) is 5.58. The molecule has 0 spiro atoms.